The van der Waals surface area contributed by atoms with Gasteiger partial charge in [0.15, 0.2) is 0 Å². The van der Waals surface area contributed by atoms with Crippen LogP contribution in [-0.4, -0.2) is 38.0 Å². The van der Waals surface area contributed by atoms with Crippen molar-refractivity contribution in [2.45, 2.75) is 12.6 Å². The number of rotatable bonds is 7. The fourth-order valence-corrected chi connectivity index (χ4v) is 2.78. The molecule has 1 fully saturated rings. The molecule has 0 aliphatic carbocycles. The molecule has 1 heterocycles. The summed E-state index contributed by atoms with van der Waals surface area (Å²) in [6.45, 7) is 3.18. The van der Waals surface area contributed by atoms with Gasteiger partial charge in [0.25, 0.3) is 0 Å². The molecule has 2 aromatic carbocycles. The molecule has 25 heavy (non-hydrogen) atoms. The van der Waals surface area contributed by atoms with Crippen molar-refractivity contribution in [2.24, 2.45) is 5.92 Å². The summed E-state index contributed by atoms with van der Waals surface area (Å²) < 4.78 is 10.9. The summed E-state index contributed by atoms with van der Waals surface area (Å²) in [6, 6.07) is 15.6. The van der Waals surface area contributed by atoms with Crippen LogP contribution in [0.4, 0.5) is 0 Å². The van der Waals surface area contributed by atoms with Gasteiger partial charge in [-0.05, 0) is 42.0 Å². The Bertz CT molecular complexity index is 634. The maximum Gasteiger partial charge on any atom is 0.127 e. The lowest BCUT2D eigenvalue weighted by atomic mass is 10.1. The van der Waals surface area contributed by atoms with Gasteiger partial charge in [-0.3, -0.25) is 0 Å². The molecular weight excluding hydrogens is 340 g/mol. The summed E-state index contributed by atoms with van der Waals surface area (Å²) in [6.07, 6.45) is -0.238. The summed E-state index contributed by atoms with van der Waals surface area (Å²) in [5.41, 5.74) is 1.19. The number of aliphatic hydroxyl groups excluding tert-OH is 1. The molecule has 0 spiro atoms. The lowest BCUT2D eigenvalue weighted by Gasteiger charge is -2.14. The summed E-state index contributed by atoms with van der Waals surface area (Å²) in [7, 11) is 1.65. The Labute approximate surface area is 154 Å². The smallest absolute Gasteiger partial charge is 0.127 e. The second kappa shape index (κ2) is 9.63. The average Bonchev–Trinajstić information content (AvgIpc) is 3.02. The number of methoxy groups -OCH3 is 1. The number of benzene rings is 2. The molecule has 2 aromatic rings. The minimum atomic E-state index is -0.238. The van der Waals surface area contributed by atoms with Crippen LogP contribution in [0.25, 0.3) is 0 Å². The molecule has 6 heteroatoms. The van der Waals surface area contributed by atoms with Crippen LogP contribution in [0.1, 0.15) is 5.56 Å². The summed E-state index contributed by atoms with van der Waals surface area (Å²) in [5.74, 6) is 2.69. The molecule has 3 rings (SSSR count). The van der Waals surface area contributed by atoms with E-state index >= 15 is 0 Å². The van der Waals surface area contributed by atoms with Gasteiger partial charge in [0.05, 0.1) is 13.2 Å². The van der Waals surface area contributed by atoms with E-state index in [4.69, 9.17) is 9.47 Å². The monoisotopic (exact) mass is 364 g/mol. The molecule has 0 bridgehead atoms. The number of hydrogen-bond acceptors (Lipinski definition) is 5. The number of β-amino-alcohol motifs (C(OH)–C–C–N with tert-alkyl or cyclic N) is 1. The second-order valence-corrected chi connectivity index (χ2v) is 6.04. The highest BCUT2D eigenvalue weighted by atomic mass is 35.5. The van der Waals surface area contributed by atoms with Gasteiger partial charge in [-0.1, -0.05) is 12.1 Å². The van der Waals surface area contributed by atoms with E-state index in [0.29, 0.717) is 12.5 Å². The van der Waals surface area contributed by atoms with Crippen LogP contribution in [0.5, 0.6) is 17.2 Å². The van der Waals surface area contributed by atoms with Crippen molar-refractivity contribution in [3.05, 3.63) is 54.1 Å². The average molecular weight is 365 g/mol. The molecule has 0 saturated carbocycles. The van der Waals surface area contributed by atoms with E-state index in [9.17, 15) is 5.11 Å². The van der Waals surface area contributed by atoms with E-state index in [2.05, 4.69) is 22.8 Å². The first kappa shape index (κ1) is 19.5. The van der Waals surface area contributed by atoms with Crippen LogP contribution in [0.2, 0.25) is 0 Å². The Morgan fingerprint density at radius 1 is 1.00 bits per heavy atom. The summed E-state index contributed by atoms with van der Waals surface area (Å²) in [4.78, 5) is 0. The normalized spacial score (nSPS) is 19.3. The van der Waals surface area contributed by atoms with Crippen LogP contribution < -0.4 is 20.1 Å². The minimum Gasteiger partial charge on any atom is -0.497 e. The zero-order valence-corrected chi connectivity index (χ0v) is 15.1. The number of hydrogen-bond donors (Lipinski definition) is 3. The highest BCUT2D eigenvalue weighted by molar-refractivity contribution is 5.85. The molecule has 2 atom stereocenters. The van der Waals surface area contributed by atoms with Gasteiger partial charge in [-0.15, -0.1) is 12.4 Å². The number of ether oxygens (including phenoxy) is 2. The topological polar surface area (TPSA) is 62.8 Å². The molecule has 1 aliphatic heterocycles. The van der Waals surface area contributed by atoms with Gasteiger partial charge in [0, 0.05) is 32.1 Å². The van der Waals surface area contributed by atoms with Crippen molar-refractivity contribution in [2.75, 3.05) is 26.7 Å². The highest BCUT2D eigenvalue weighted by Gasteiger charge is 2.23. The van der Waals surface area contributed by atoms with E-state index < -0.39 is 0 Å². The number of nitrogens with one attached hydrogen (secondary N) is 2. The Morgan fingerprint density at radius 3 is 2.16 bits per heavy atom. The Balaban J connectivity index is 0.00000225. The molecule has 3 N–H and O–H groups in total. The van der Waals surface area contributed by atoms with E-state index in [1.54, 1.807) is 7.11 Å². The molecule has 0 radical (unpaired) electrons. The molecule has 2 unspecified atom stereocenters. The van der Waals surface area contributed by atoms with Crippen LogP contribution in [0, 0.1) is 5.92 Å². The summed E-state index contributed by atoms with van der Waals surface area (Å²) >= 11 is 0. The maximum absolute atomic E-state index is 9.77. The van der Waals surface area contributed by atoms with Crippen molar-refractivity contribution in [1.82, 2.24) is 10.6 Å². The molecule has 0 amide bonds. The standard InChI is InChI=1S/C19H24N2O3.ClH/c1-23-16-6-8-18(9-7-16)24-17-4-2-14(3-5-17)10-20-11-15-12-21-13-19(15)22;/h2-9,15,19-22H,10-13H2,1H3;1H. The van der Waals surface area contributed by atoms with Gasteiger partial charge < -0.3 is 25.2 Å². The van der Waals surface area contributed by atoms with Crippen molar-refractivity contribution in [1.29, 1.82) is 0 Å². The van der Waals surface area contributed by atoms with E-state index in [-0.39, 0.29) is 18.5 Å². The maximum atomic E-state index is 9.77. The first-order valence-corrected chi connectivity index (χ1v) is 8.25. The molecular formula is C19H25ClN2O3. The van der Waals surface area contributed by atoms with Gasteiger partial charge in [-0.2, -0.15) is 0 Å². The quantitative estimate of drug-likeness (QED) is 0.705. The van der Waals surface area contributed by atoms with E-state index in [1.165, 1.54) is 5.56 Å². The predicted octanol–water partition coefficient (Wildman–Crippen LogP) is 2.58. The van der Waals surface area contributed by atoms with Gasteiger partial charge in [-0.25, -0.2) is 0 Å². The third-order valence-corrected chi connectivity index (χ3v) is 4.26. The predicted molar refractivity (Wildman–Crippen MR) is 101 cm³/mol. The molecule has 1 saturated heterocycles. The zero-order valence-electron chi connectivity index (χ0n) is 14.3. The highest BCUT2D eigenvalue weighted by Crippen LogP contribution is 2.24. The van der Waals surface area contributed by atoms with Crippen LogP contribution >= 0.6 is 12.4 Å². The second-order valence-electron chi connectivity index (χ2n) is 6.04. The van der Waals surface area contributed by atoms with Crippen molar-refractivity contribution < 1.29 is 14.6 Å². The van der Waals surface area contributed by atoms with Crippen molar-refractivity contribution >= 4 is 12.4 Å². The van der Waals surface area contributed by atoms with Gasteiger partial charge in [0.2, 0.25) is 0 Å². The lowest BCUT2D eigenvalue weighted by Crippen LogP contribution is -2.30. The Morgan fingerprint density at radius 2 is 1.60 bits per heavy atom. The molecule has 5 nitrogen and oxygen atoms in total. The Hall–Kier alpha value is -1.79. The van der Waals surface area contributed by atoms with E-state index in [0.717, 1.165) is 36.9 Å². The fourth-order valence-electron chi connectivity index (χ4n) is 2.78. The third-order valence-electron chi connectivity index (χ3n) is 4.26. The van der Waals surface area contributed by atoms with Crippen LogP contribution in [0.3, 0.4) is 0 Å². The molecule has 136 valence electrons. The first-order valence-electron chi connectivity index (χ1n) is 8.25. The number of halogens is 1. The minimum absolute atomic E-state index is 0. The zero-order chi connectivity index (χ0) is 16.8. The van der Waals surface area contributed by atoms with Crippen LogP contribution in [0.15, 0.2) is 48.5 Å². The lowest BCUT2D eigenvalue weighted by molar-refractivity contribution is 0.146. The third kappa shape index (κ3) is 5.61. The van der Waals surface area contributed by atoms with Crippen molar-refractivity contribution in [3.63, 3.8) is 0 Å². The first-order chi connectivity index (χ1) is 11.7. The van der Waals surface area contributed by atoms with Gasteiger partial charge >= 0.3 is 0 Å². The van der Waals surface area contributed by atoms with E-state index in [1.807, 2.05) is 36.4 Å². The number of aliphatic hydroxyl groups is 1. The fraction of sp³-hybridized carbons (Fsp3) is 0.368. The SMILES string of the molecule is COc1ccc(Oc2ccc(CNCC3CNCC3O)cc2)cc1.Cl. The van der Waals surface area contributed by atoms with Crippen molar-refractivity contribution in [3.8, 4) is 17.2 Å². The Kier molecular flexibility index (Phi) is 7.52. The summed E-state index contributed by atoms with van der Waals surface area (Å²) in [5, 5.41) is 16.4. The molecule has 0 aromatic heterocycles. The van der Waals surface area contributed by atoms with Gasteiger partial charge in [0.1, 0.15) is 17.2 Å². The largest absolute Gasteiger partial charge is 0.497 e. The van der Waals surface area contributed by atoms with Crippen LogP contribution in [-0.2, 0) is 6.54 Å². The molecule has 1 aliphatic rings.